The van der Waals surface area contributed by atoms with Crippen LogP contribution in [0.5, 0.6) is 0 Å². The van der Waals surface area contributed by atoms with Gasteiger partial charge in [0.25, 0.3) is 0 Å². The summed E-state index contributed by atoms with van der Waals surface area (Å²) >= 11 is 1.83. The first-order valence-corrected chi connectivity index (χ1v) is 6.92. The molecule has 88 valence electrons. The summed E-state index contributed by atoms with van der Waals surface area (Å²) in [5, 5.41) is 12.4. The summed E-state index contributed by atoms with van der Waals surface area (Å²) in [4.78, 5) is 4.43. The highest BCUT2D eigenvalue weighted by Crippen LogP contribution is 2.42. The van der Waals surface area contributed by atoms with Crippen LogP contribution < -0.4 is 0 Å². The van der Waals surface area contributed by atoms with Gasteiger partial charge in [-0.15, -0.1) is 0 Å². The quantitative estimate of drug-likeness (QED) is 0.838. The van der Waals surface area contributed by atoms with Crippen LogP contribution in [0, 0.1) is 0 Å². The van der Waals surface area contributed by atoms with Crippen LogP contribution in [0.15, 0.2) is 36.5 Å². The number of rotatable bonds is 1. The lowest BCUT2D eigenvalue weighted by atomic mass is 9.89. The van der Waals surface area contributed by atoms with Crippen LogP contribution in [0.4, 0.5) is 0 Å². The van der Waals surface area contributed by atoms with E-state index in [1.807, 2.05) is 42.1 Å². The third kappa shape index (κ3) is 1.83. The summed E-state index contributed by atoms with van der Waals surface area (Å²) in [5.74, 6) is 0.768. The Kier molecular flexibility index (Phi) is 2.60. The Morgan fingerprint density at radius 3 is 2.94 bits per heavy atom. The summed E-state index contributed by atoms with van der Waals surface area (Å²) in [6, 6.07) is 10.0. The number of aliphatic hydroxyl groups is 1. The van der Waals surface area contributed by atoms with E-state index in [0.717, 1.165) is 28.6 Å². The van der Waals surface area contributed by atoms with Crippen LogP contribution in [0.1, 0.15) is 18.9 Å². The number of aromatic nitrogens is 1. The average Bonchev–Trinajstić information content (AvgIpc) is 2.70. The summed E-state index contributed by atoms with van der Waals surface area (Å²) in [6.07, 6.45) is 2.61. The van der Waals surface area contributed by atoms with Crippen LogP contribution in [-0.4, -0.2) is 21.1 Å². The second-order valence-corrected chi connectivity index (χ2v) is 6.16. The molecule has 1 aliphatic rings. The van der Waals surface area contributed by atoms with Gasteiger partial charge in [-0.25, -0.2) is 0 Å². The van der Waals surface area contributed by atoms with Crippen LogP contribution in [0.25, 0.3) is 10.9 Å². The first kappa shape index (κ1) is 11.1. The van der Waals surface area contributed by atoms with Gasteiger partial charge >= 0.3 is 0 Å². The topological polar surface area (TPSA) is 33.1 Å². The molecule has 1 N–H and O–H groups in total. The number of hydrogen-bond acceptors (Lipinski definition) is 3. The maximum absolute atomic E-state index is 10.8. The van der Waals surface area contributed by atoms with Gasteiger partial charge in [-0.05, 0) is 12.5 Å². The lowest BCUT2D eigenvalue weighted by Gasteiger charge is -2.23. The summed E-state index contributed by atoms with van der Waals surface area (Å²) in [7, 11) is 0. The van der Waals surface area contributed by atoms with E-state index in [2.05, 4.69) is 11.9 Å². The smallest absolute Gasteiger partial charge is 0.102 e. The molecule has 0 amide bonds. The molecule has 2 heterocycles. The van der Waals surface area contributed by atoms with Gasteiger partial charge in [-0.2, -0.15) is 11.8 Å². The molecule has 0 saturated carbocycles. The Bertz CT molecular complexity index is 551. The molecule has 1 fully saturated rings. The Hall–Kier alpha value is -1.06. The summed E-state index contributed by atoms with van der Waals surface area (Å²) in [5.41, 5.74) is 1.21. The number of thioether (sulfide) groups is 1. The SMILES string of the molecule is CC1CC(O)(c2cccc3cccnc23)CS1. The van der Waals surface area contributed by atoms with Crippen molar-refractivity contribution in [3.05, 3.63) is 42.1 Å². The van der Waals surface area contributed by atoms with Crippen molar-refractivity contribution in [1.82, 2.24) is 4.98 Å². The van der Waals surface area contributed by atoms with Crippen molar-refractivity contribution in [2.24, 2.45) is 0 Å². The lowest BCUT2D eigenvalue weighted by molar-refractivity contribution is 0.0626. The van der Waals surface area contributed by atoms with Crippen molar-refractivity contribution in [2.45, 2.75) is 24.2 Å². The van der Waals surface area contributed by atoms with E-state index < -0.39 is 5.60 Å². The third-order valence-corrected chi connectivity index (χ3v) is 4.75. The molecular formula is C14H15NOS. The van der Waals surface area contributed by atoms with Crippen LogP contribution in [0.2, 0.25) is 0 Å². The normalized spacial score (nSPS) is 28.7. The molecule has 2 atom stereocenters. The molecule has 3 rings (SSSR count). The van der Waals surface area contributed by atoms with E-state index in [4.69, 9.17) is 0 Å². The molecule has 2 nitrogen and oxygen atoms in total. The molecule has 3 heteroatoms. The molecule has 1 aromatic carbocycles. The van der Waals surface area contributed by atoms with Gasteiger partial charge in [-0.3, -0.25) is 4.98 Å². The molecule has 1 saturated heterocycles. The zero-order chi connectivity index (χ0) is 11.9. The maximum Gasteiger partial charge on any atom is 0.102 e. The lowest BCUT2D eigenvalue weighted by Crippen LogP contribution is -2.26. The van der Waals surface area contributed by atoms with Crippen molar-refractivity contribution in [3.63, 3.8) is 0 Å². The van der Waals surface area contributed by atoms with E-state index in [1.165, 1.54) is 0 Å². The fourth-order valence-corrected chi connectivity index (χ4v) is 3.77. The maximum atomic E-state index is 10.8. The van der Waals surface area contributed by atoms with Crippen molar-refractivity contribution in [2.75, 3.05) is 5.75 Å². The van der Waals surface area contributed by atoms with Crippen molar-refractivity contribution >= 4 is 22.7 Å². The Morgan fingerprint density at radius 1 is 1.35 bits per heavy atom. The van der Waals surface area contributed by atoms with Gasteiger partial charge in [0.15, 0.2) is 0 Å². The molecular weight excluding hydrogens is 230 g/mol. The third-order valence-electron chi connectivity index (χ3n) is 3.37. The fraction of sp³-hybridized carbons (Fsp3) is 0.357. The van der Waals surface area contributed by atoms with E-state index in [9.17, 15) is 5.11 Å². The van der Waals surface area contributed by atoms with Gasteiger partial charge in [-0.1, -0.05) is 31.2 Å². The Balaban J connectivity index is 2.17. The van der Waals surface area contributed by atoms with Crippen molar-refractivity contribution in [3.8, 4) is 0 Å². The first-order chi connectivity index (χ1) is 8.19. The van der Waals surface area contributed by atoms with Gasteiger partial charge < -0.3 is 5.11 Å². The highest BCUT2D eigenvalue weighted by molar-refractivity contribution is 8.00. The predicted octanol–water partition coefficient (Wildman–Crippen LogP) is 2.95. The Labute approximate surface area is 105 Å². The van der Waals surface area contributed by atoms with E-state index in [-0.39, 0.29) is 0 Å². The zero-order valence-corrected chi connectivity index (χ0v) is 10.6. The number of para-hydroxylation sites is 1. The van der Waals surface area contributed by atoms with Gasteiger partial charge in [0.1, 0.15) is 5.60 Å². The van der Waals surface area contributed by atoms with Crippen LogP contribution >= 0.6 is 11.8 Å². The molecule has 2 unspecified atom stereocenters. The predicted molar refractivity (Wildman–Crippen MR) is 72.2 cm³/mol. The molecule has 17 heavy (non-hydrogen) atoms. The standard InChI is InChI=1S/C14H15NOS/c1-10-8-14(16,9-17-10)12-6-2-4-11-5-3-7-15-13(11)12/h2-7,10,16H,8-9H2,1H3. The van der Waals surface area contributed by atoms with Gasteiger partial charge in [0.2, 0.25) is 0 Å². The highest BCUT2D eigenvalue weighted by atomic mass is 32.2. The second-order valence-electron chi connectivity index (χ2n) is 4.74. The average molecular weight is 245 g/mol. The van der Waals surface area contributed by atoms with Gasteiger partial charge in [0.05, 0.1) is 5.52 Å². The number of nitrogens with zero attached hydrogens (tertiary/aromatic N) is 1. The number of benzene rings is 1. The Morgan fingerprint density at radius 2 is 2.18 bits per heavy atom. The summed E-state index contributed by atoms with van der Waals surface area (Å²) in [6.45, 7) is 2.17. The highest BCUT2D eigenvalue weighted by Gasteiger charge is 2.38. The molecule has 0 radical (unpaired) electrons. The fourth-order valence-electron chi connectivity index (χ4n) is 2.54. The van der Waals surface area contributed by atoms with Crippen molar-refractivity contribution in [1.29, 1.82) is 0 Å². The zero-order valence-electron chi connectivity index (χ0n) is 9.76. The van der Waals surface area contributed by atoms with Gasteiger partial charge in [0, 0.05) is 28.1 Å². The first-order valence-electron chi connectivity index (χ1n) is 5.87. The monoisotopic (exact) mass is 245 g/mol. The number of fused-ring (bicyclic) bond motifs is 1. The molecule has 0 spiro atoms. The minimum absolute atomic E-state index is 0.513. The van der Waals surface area contributed by atoms with Crippen LogP contribution in [0.3, 0.4) is 0 Å². The minimum Gasteiger partial charge on any atom is -0.384 e. The van der Waals surface area contributed by atoms with Crippen LogP contribution in [-0.2, 0) is 5.60 Å². The van der Waals surface area contributed by atoms with E-state index in [1.54, 1.807) is 6.20 Å². The minimum atomic E-state index is -0.710. The van der Waals surface area contributed by atoms with Crippen molar-refractivity contribution < 1.29 is 5.11 Å². The molecule has 1 aromatic heterocycles. The second kappa shape index (κ2) is 4.00. The van der Waals surface area contributed by atoms with E-state index in [0.29, 0.717) is 5.25 Å². The number of hydrogen-bond donors (Lipinski definition) is 1. The number of pyridine rings is 1. The molecule has 2 aromatic rings. The largest absolute Gasteiger partial charge is 0.384 e. The molecule has 0 aliphatic carbocycles. The summed E-state index contributed by atoms with van der Waals surface area (Å²) < 4.78 is 0. The molecule has 0 bridgehead atoms. The molecule has 1 aliphatic heterocycles. The van der Waals surface area contributed by atoms with E-state index >= 15 is 0 Å².